The molecule has 0 atom stereocenters. The summed E-state index contributed by atoms with van der Waals surface area (Å²) >= 11 is 0. The number of rotatable bonds is 7. The number of hydrogen-bond donors (Lipinski definition) is 0. The van der Waals surface area contributed by atoms with Gasteiger partial charge in [0.2, 0.25) is 5.90 Å². The van der Waals surface area contributed by atoms with Crippen LogP contribution in [0.1, 0.15) is 37.3 Å². The average Bonchev–Trinajstić information content (AvgIpc) is 2.59. The van der Waals surface area contributed by atoms with E-state index in [2.05, 4.69) is 11.3 Å². The number of benzene rings is 2. The van der Waals surface area contributed by atoms with E-state index < -0.39 is 10.0 Å². The van der Waals surface area contributed by atoms with E-state index in [0.29, 0.717) is 12.2 Å². The van der Waals surface area contributed by atoms with Crippen molar-refractivity contribution in [2.45, 2.75) is 38.0 Å². The molecule has 0 aliphatic rings. The fourth-order valence-corrected chi connectivity index (χ4v) is 3.10. The zero-order valence-corrected chi connectivity index (χ0v) is 14.9. The molecule has 0 bridgehead atoms. The second-order valence-electron chi connectivity index (χ2n) is 5.61. The van der Waals surface area contributed by atoms with Gasteiger partial charge in [-0.15, -0.1) is 4.40 Å². The zero-order chi connectivity index (χ0) is 17.4. The normalized spacial score (nSPS) is 12.2. The SMILES string of the molecule is CCCCCOC(=NS(=O)(=O)c1ccc(C)cc1)c1ccccc1. The molecular weight excluding hydrogens is 322 g/mol. The Morgan fingerprint density at radius 3 is 2.29 bits per heavy atom. The summed E-state index contributed by atoms with van der Waals surface area (Å²) in [4.78, 5) is 0.165. The summed E-state index contributed by atoms with van der Waals surface area (Å²) in [7, 11) is -3.80. The number of nitrogens with zero attached hydrogens (tertiary/aromatic N) is 1. The van der Waals surface area contributed by atoms with Gasteiger partial charge in [-0.25, -0.2) is 0 Å². The van der Waals surface area contributed by atoms with Crippen molar-refractivity contribution >= 4 is 15.9 Å². The van der Waals surface area contributed by atoms with Crippen LogP contribution >= 0.6 is 0 Å². The Kier molecular flexibility index (Phi) is 6.55. The summed E-state index contributed by atoms with van der Waals surface area (Å²) in [5.74, 6) is 0.146. The third kappa shape index (κ3) is 5.20. The van der Waals surface area contributed by atoms with Crippen LogP contribution in [0.5, 0.6) is 0 Å². The molecule has 0 unspecified atom stereocenters. The van der Waals surface area contributed by atoms with Crippen molar-refractivity contribution in [1.82, 2.24) is 0 Å². The summed E-state index contributed by atoms with van der Waals surface area (Å²) in [6.07, 6.45) is 2.97. The van der Waals surface area contributed by atoms with Crippen molar-refractivity contribution in [1.29, 1.82) is 0 Å². The number of unbranched alkanes of at least 4 members (excludes halogenated alkanes) is 2. The van der Waals surface area contributed by atoms with Crippen molar-refractivity contribution < 1.29 is 13.2 Å². The van der Waals surface area contributed by atoms with Gasteiger partial charge in [-0.3, -0.25) is 0 Å². The van der Waals surface area contributed by atoms with Crippen molar-refractivity contribution in [2.24, 2.45) is 4.40 Å². The average molecular weight is 345 g/mol. The molecule has 2 aromatic rings. The molecule has 0 aliphatic carbocycles. The number of sulfonamides is 1. The third-order valence-electron chi connectivity index (χ3n) is 3.53. The van der Waals surface area contributed by atoms with E-state index in [1.54, 1.807) is 36.4 Å². The Balaban J connectivity index is 2.30. The van der Waals surface area contributed by atoms with Crippen molar-refractivity contribution in [3.63, 3.8) is 0 Å². The molecule has 2 rings (SSSR count). The van der Waals surface area contributed by atoms with Gasteiger partial charge in [-0.1, -0.05) is 55.7 Å². The van der Waals surface area contributed by atoms with Crippen molar-refractivity contribution in [2.75, 3.05) is 6.61 Å². The first-order valence-corrected chi connectivity index (χ1v) is 9.57. The largest absolute Gasteiger partial charge is 0.477 e. The Morgan fingerprint density at radius 1 is 1.00 bits per heavy atom. The maximum Gasteiger partial charge on any atom is 0.285 e. The smallest absolute Gasteiger partial charge is 0.285 e. The fraction of sp³-hybridized carbons (Fsp3) is 0.316. The van der Waals surface area contributed by atoms with Crippen LogP contribution in [0.25, 0.3) is 0 Å². The standard InChI is InChI=1S/C19H23NO3S/c1-3-4-8-15-23-19(17-9-6-5-7-10-17)20-24(21,22)18-13-11-16(2)12-14-18/h5-7,9-14H,3-4,8,15H2,1-2H3. The molecule has 0 fully saturated rings. The monoisotopic (exact) mass is 345 g/mol. The lowest BCUT2D eigenvalue weighted by Crippen LogP contribution is -2.11. The van der Waals surface area contributed by atoms with E-state index in [0.717, 1.165) is 24.8 Å². The number of hydrogen-bond acceptors (Lipinski definition) is 3. The molecule has 0 N–H and O–H groups in total. The van der Waals surface area contributed by atoms with E-state index in [4.69, 9.17) is 4.74 Å². The summed E-state index contributed by atoms with van der Waals surface area (Å²) in [5, 5.41) is 0. The molecule has 24 heavy (non-hydrogen) atoms. The summed E-state index contributed by atoms with van der Waals surface area (Å²) < 4.78 is 34.7. The molecule has 0 heterocycles. The van der Waals surface area contributed by atoms with Crippen molar-refractivity contribution in [3.8, 4) is 0 Å². The highest BCUT2D eigenvalue weighted by Gasteiger charge is 2.16. The molecule has 0 aliphatic heterocycles. The Hall–Kier alpha value is -2.14. The summed E-state index contributed by atoms with van der Waals surface area (Å²) in [6, 6.07) is 15.8. The van der Waals surface area contributed by atoms with Crippen LogP contribution in [0.15, 0.2) is 63.9 Å². The minimum Gasteiger partial charge on any atom is -0.477 e. The molecule has 0 saturated heterocycles. The molecule has 2 aromatic carbocycles. The van der Waals surface area contributed by atoms with Crippen LogP contribution in [0, 0.1) is 6.92 Å². The number of aryl methyl sites for hydroxylation is 1. The fourth-order valence-electron chi connectivity index (χ4n) is 2.14. The second kappa shape index (κ2) is 8.64. The van der Waals surface area contributed by atoms with Gasteiger partial charge < -0.3 is 4.74 Å². The lowest BCUT2D eigenvalue weighted by molar-refractivity contribution is 0.295. The van der Waals surface area contributed by atoms with Crippen LogP contribution in [-0.2, 0) is 14.8 Å². The number of ether oxygens (including phenoxy) is 1. The quantitative estimate of drug-likeness (QED) is 0.426. The van der Waals surface area contributed by atoms with E-state index in [9.17, 15) is 8.42 Å². The summed E-state index contributed by atoms with van der Waals surface area (Å²) in [6.45, 7) is 4.46. The minimum absolute atomic E-state index is 0.146. The maximum absolute atomic E-state index is 12.5. The van der Waals surface area contributed by atoms with Gasteiger partial charge >= 0.3 is 0 Å². The third-order valence-corrected chi connectivity index (χ3v) is 4.80. The Labute approximate surface area is 144 Å². The molecular formula is C19H23NO3S. The minimum atomic E-state index is -3.80. The topological polar surface area (TPSA) is 55.7 Å². The van der Waals surface area contributed by atoms with Gasteiger partial charge in [0, 0.05) is 5.56 Å². The first-order chi connectivity index (χ1) is 11.5. The molecule has 0 aromatic heterocycles. The van der Waals surface area contributed by atoms with Gasteiger partial charge in [0.25, 0.3) is 10.0 Å². The zero-order valence-electron chi connectivity index (χ0n) is 14.1. The van der Waals surface area contributed by atoms with Crippen LogP contribution in [0.2, 0.25) is 0 Å². The van der Waals surface area contributed by atoms with Gasteiger partial charge in [0.1, 0.15) is 0 Å². The maximum atomic E-state index is 12.5. The molecule has 4 nitrogen and oxygen atoms in total. The second-order valence-corrected chi connectivity index (χ2v) is 7.21. The highest BCUT2D eigenvalue weighted by molar-refractivity contribution is 7.90. The highest BCUT2D eigenvalue weighted by atomic mass is 32.2. The van der Waals surface area contributed by atoms with E-state index in [-0.39, 0.29) is 10.8 Å². The molecule has 0 amide bonds. The van der Waals surface area contributed by atoms with Gasteiger partial charge in [0.15, 0.2) is 0 Å². The van der Waals surface area contributed by atoms with E-state index in [1.807, 2.05) is 25.1 Å². The van der Waals surface area contributed by atoms with E-state index in [1.165, 1.54) is 0 Å². The van der Waals surface area contributed by atoms with Crippen LogP contribution in [0.3, 0.4) is 0 Å². The predicted octanol–water partition coefficient (Wildman–Crippen LogP) is 4.34. The predicted molar refractivity (Wildman–Crippen MR) is 96.8 cm³/mol. The van der Waals surface area contributed by atoms with Gasteiger partial charge in [-0.05, 0) is 37.6 Å². The lowest BCUT2D eigenvalue weighted by atomic mass is 10.2. The summed E-state index contributed by atoms with van der Waals surface area (Å²) in [5.41, 5.74) is 1.65. The van der Waals surface area contributed by atoms with Gasteiger partial charge in [0.05, 0.1) is 11.5 Å². The van der Waals surface area contributed by atoms with Crippen LogP contribution in [0.4, 0.5) is 0 Å². The van der Waals surface area contributed by atoms with E-state index >= 15 is 0 Å². The molecule has 128 valence electrons. The molecule has 0 saturated carbocycles. The van der Waals surface area contributed by atoms with Crippen molar-refractivity contribution in [3.05, 3.63) is 65.7 Å². The Morgan fingerprint density at radius 2 is 1.67 bits per heavy atom. The Bertz CT molecular complexity index is 766. The lowest BCUT2D eigenvalue weighted by Gasteiger charge is -2.10. The van der Waals surface area contributed by atoms with Gasteiger partial charge in [-0.2, -0.15) is 8.42 Å². The highest BCUT2D eigenvalue weighted by Crippen LogP contribution is 2.15. The molecule has 0 spiro atoms. The first-order valence-electron chi connectivity index (χ1n) is 8.13. The molecule has 0 radical (unpaired) electrons. The molecule has 5 heteroatoms. The van der Waals surface area contributed by atoms with Crippen LogP contribution in [-0.4, -0.2) is 20.9 Å². The van der Waals surface area contributed by atoms with Crippen LogP contribution < -0.4 is 0 Å². The first kappa shape index (κ1) is 18.2.